The van der Waals surface area contributed by atoms with Crippen LogP contribution in [0.2, 0.25) is 0 Å². The molecule has 0 bridgehead atoms. The van der Waals surface area contributed by atoms with E-state index in [2.05, 4.69) is 19.2 Å². The van der Waals surface area contributed by atoms with Crippen LogP contribution in [0.25, 0.3) is 0 Å². The normalized spacial score (nSPS) is 31.2. The van der Waals surface area contributed by atoms with E-state index in [4.69, 9.17) is 4.74 Å². The molecule has 0 spiro atoms. The first-order valence-electron chi connectivity index (χ1n) is 7.98. The highest BCUT2D eigenvalue weighted by molar-refractivity contribution is 8.09. The Morgan fingerprint density at radius 2 is 2.00 bits per heavy atom. The first-order valence-corrected chi connectivity index (χ1v) is 8.86. The van der Waals surface area contributed by atoms with Gasteiger partial charge in [-0.25, -0.2) is 0 Å². The van der Waals surface area contributed by atoms with Gasteiger partial charge in [0.2, 0.25) is 5.91 Å². The molecule has 0 radical (unpaired) electrons. The number of amides is 1. The lowest BCUT2D eigenvalue weighted by Crippen LogP contribution is -2.49. The minimum atomic E-state index is -0.499. The predicted molar refractivity (Wildman–Crippen MR) is 88.5 cm³/mol. The molecule has 1 N–H and O–H groups in total. The van der Waals surface area contributed by atoms with E-state index < -0.39 is 10.5 Å². The lowest BCUT2D eigenvalue weighted by atomic mass is 9.97. The maximum absolute atomic E-state index is 12.7. The number of ether oxygens (including phenoxy) is 1. The Balaban J connectivity index is 2.10. The average Bonchev–Trinajstić information content (AvgIpc) is 2.94. The zero-order valence-corrected chi connectivity index (χ0v) is 15.3. The lowest BCUT2D eigenvalue weighted by Gasteiger charge is -2.33. The summed E-state index contributed by atoms with van der Waals surface area (Å²) in [6, 6.07) is 0. The molecule has 2 aliphatic rings. The van der Waals surface area contributed by atoms with E-state index in [0.29, 0.717) is 0 Å². The van der Waals surface area contributed by atoms with Crippen molar-refractivity contribution in [2.24, 2.45) is 11.8 Å². The number of carbonyl (C=O) groups is 2. The molecule has 0 aromatic rings. The van der Waals surface area contributed by atoms with Gasteiger partial charge in [-0.2, -0.15) is 0 Å². The van der Waals surface area contributed by atoms with Crippen LogP contribution in [-0.2, 0) is 14.3 Å². The molecule has 2 heterocycles. The second-order valence-corrected chi connectivity index (χ2v) is 8.89. The molecule has 6 heteroatoms. The monoisotopic (exact) mass is 328 g/mol. The van der Waals surface area contributed by atoms with Gasteiger partial charge in [-0.1, -0.05) is 13.8 Å². The summed E-state index contributed by atoms with van der Waals surface area (Å²) in [7, 11) is 1.83. The summed E-state index contributed by atoms with van der Waals surface area (Å²) >= 11 is 1.55. The maximum atomic E-state index is 12.7. The van der Waals surface area contributed by atoms with Gasteiger partial charge in [0.05, 0.1) is 5.92 Å². The zero-order chi connectivity index (χ0) is 16.7. The number of carbonyl (C=O) groups excluding carboxylic acids is 2. The number of hydrogen-bond donors (Lipinski definition) is 1. The second kappa shape index (κ2) is 6.04. The second-order valence-electron chi connectivity index (χ2n) is 7.52. The quantitative estimate of drug-likeness (QED) is 0.630. The first kappa shape index (κ1) is 17.6. The summed E-state index contributed by atoms with van der Waals surface area (Å²) in [5, 5.41) is 2.95. The highest BCUT2D eigenvalue weighted by Crippen LogP contribution is 2.60. The fraction of sp³-hybridized carbons (Fsp3) is 0.875. The van der Waals surface area contributed by atoms with Gasteiger partial charge >= 0.3 is 5.97 Å². The molecule has 0 saturated carbocycles. The number of hydrogen-bond acceptors (Lipinski definition) is 5. The Morgan fingerprint density at radius 3 is 2.45 bits per heavy atom. The molecule has 3 atom stereocenters. The largest absolute Gasteiger partial charge is 0.459 e. The number of nitrogens with zero attached hydrogens (tertiary/aromatic N) is 1. The van der Waals surface area contributed by atoms with E-state index in [1.807, 2.05) is 27.8 Å². The van der Waals surface area contributed by atoms with E-state index in [1.165, 1.54) is 0 Å². The van der Waals surface area contributed by atoms with Gasteiger partial charge in [0.15, 0.2) is 0 Å². The summed E-state index contributed by atoms with van der Waals surface area (Å²) in [4.78, 5) is 26.5. The molecule has 22 heavy (non-hydrogen) atoms. The summed E-state index contributed by atoms with van der Waals surface area (Å²) in [5.41, 5.74) is -0.499. The molecule has 2 fully saturated rings. The average molecular weight is 328 g/mol. The number of nitrogens with one attached hydrogen (secondary N) is 1. The van der Waals surface area contributed by atoms with E-state index in [9.17, 15) is 9.59 Å². The van der Waals surface area contributed by atoms with E-state index >= 15 is 0 Å². The molecule has 2 rings (SSSR count). The highest BCUT2D eigenvalue weighted by atomic mass is 32.2. The number of rotatable bonds is 4. The van der Waals surface area contributed by atoms with Crippen LogP contribution >= 0.6 is 11.8 Å². The fourth-order valence-electron chi connectivity index (χ4n) is 3.12. The van der Waals surface area contributed by atoms with Gasteiger partial charge in [0.25, 0.3) is 0 Å². The fourth-order valence-corrected chi connectivity index (χ4v) is 4.62. The van der Waals surface area contributed by atoms with Crippen LogP contribution in [0.5, 0.6) is 0 Å². The minimum absolute atomic E-state index is 0.0288. The van der Waals surface area contributed by atoms with Gasteiger partial charge in [-0.05, 0) is 39.7 Å². The Hall–Kier alpha value is -0.750. The van der Waals surface area contributed by atoms with Crippen molar-refractivity contribution in [3.63, 3.8) is 0 Å². The summed E-state index contributed by atoms with van der Waals surface area (Å²) in [6.45, 7) is 11.4. The molecule has 0 aliphatic carbocycles. The van der Waals surface area contributed by atoms with Crippen molar-refractivity contribution in [2.75, 3.05) is 20.1 Å². The molecular weight excluding hydrogens is 300 g/mol. The number of thioether (sulfide) groups is 1. The van der Waals surface area contributed by atoms with Crippen molar-refractivity contribution in [3.8, 4) is 0 Å². The van der Waals surface area contributed by atoms with E-state index in [1.54, 1.807) is 16.7 Å². The van der Waals surface area contributed by atoms with Gasteiger partial charge in [-0.3, -0.25) is 9.59 Å². The van der Waals surface area contributed by atoms with Crippen LogP contribution in [0.1, 0.15) is 41.0 Å². The SMILES string of the molecule is CC(C)[C@]1(N(C)C(=O)[C@H]2CCNC2)SC1C(=O)OC(C)(C)C. The molecule has 0 aromatic heterocycles. The lowest BCUT2D eigenvalue weighted by molar-refractivity contribution is -0.155. The van der Waals surface area contributed by atoms with Crippen LogP contribution in [-0.4, -0.2) is 52.6 Å². The Kier molecular flexibility index (Phi) is 4.83. The van der Waals surface area contributed by atoms with E-state index in [-0.39, 0.29) is 29.0 Å². The van der Waals surface area contributed by atoms with Crippen LogP contribution < -0.4 is 5.32 Å². The highest BCUT2D eigenvalue weighted by Gasteiger charge is 2.67. The van der Waals surface area contributed by atoms with Gasteiger partial charge in [0, 0.05) is 13.6 Å². The summed E-state index contributed by atoms with van der Waals surface area (Å²) in [5.74, 6) is 0.145. The van der Waals surface area contributed by atoms with Crippen LogP contribution in [0.4, 0.5) is 0 Å². The van der Waals surface area contributed by atoms with Crippen molar-refractivity contribution in [2.45, 2.75) is 56.8 Å². The van der Waals surface area contributed by atoms with Gasteiger partial charge in [-0.15, -0.1) is 11.8 Å². The van der Waals surface area contributed by atoms with Gasteiger partial charge in [0.1, 0.15) is 15.7 Å². The van der Waals surface area contributed by atoms with Crippen LogP contribution in [0.15, 0.2) is 0 Å². The Bertz CT molecular complexity index is 455. The van der Waals surface area contributed by atoms with Crippen molar-refractivity contribution in [1.82, 2.24) is 10.2 Å². The van der Waals surface area contributed by atoms with Crippen molar-refractivity contribution >= 4 is 23.6 Å². The summed E-state index contributed by atoms with van der Waals surface area (Å²) in [6.07, 6.45) is 0.874. The van der Waals surface area contributed by atoms with E-state index in [0.717, 1.165) is 19.5 Å². The van der Waals surface area contributed by atoms with Crippen LogP contribution in [0, 0.1) is 11.8 Å². The molecule has 1 unspecified atom stereocenters. The molecule has 5 nitrogen and oxygen atoms in total. The standard InChI is InChI=1S/C16H28N2O3S/c1-10(2)16(12(22-16)14(20)21-15(3,4)5)18(6)13(19)11-7-8-17-9-11/h10-12,17H,7-9H2,1-6H3/t11-,12?,16-/m0/s1. The van der Waals surface area contributed by atoms with Crippen LogP contribution in [0.3, 0.4) is 0 Å². The molecule has 0 aromatic carbocycles. The minimum Gasteiger partial charge on any atom is -0.459 e. The third-order valence-corrected chi connectivity index (χ3v) is 6.23. The smallest absolute Gasteiger partial charge is 0.323 e. The zero-order valence-electron chi connectivity index (χ0n) is 14.4. The van der Waals surface area contributed by atoms with Crippen molar-refractivity contribution in [3.05, 3.63) is 0 Å². The predicted octanol–water partition coefficient (Wildman–Crippen LogP) is 1.86. The third kappa shape index (κ3) is 3.27. The maximum Gasteiger partial charge on any atom is 0.323 e. The molecule has 2 saturated heterocycles. The molecule has 126 valence electrons. The summed E-state index contributed by atoms with van der Waals surface area (Å²) < 4.78 is 5.51. The molecule has 1 amide bonds. The van der Waals surface area contributed by atoms with Crippen molar-refractivity contribution < 1.29 is 14.3 Å². The molecular formula is C16H28N2O3S. The Labute approximate surface area is 137 Å². The third-order valence-electron chi connectivity index (χ3n) is 4.34. The molecule has 2 aliphatic heterocycles. The Morgan fingerprint density at radius 1 is 1.36 bits per heavy atom. The first-order chi connectivity index (χ1) is 10.1. The topological polar surface area (TPSA) is 58.6 Å². The van der Waals surface area contributed by atoms with Crippen molar-refractivity contribution in [1.29, 1.82) is 0 Å². The number of esters is 1. The van der Waals surface area contributed by atoms with Gasteiger partial charge < -0.3 is 15.0 Å².